The maximum Gasteiger partial charge on any atom is 0.0692 e. The van der Waals surface area contributed by atoms with Crippen molar-refractivity contribution in [3.8, 4) is 0 Å². The summed E-state index contributed by atoms with van der Waals surface area (Å²) in [4.78, 5) is 2.34. The zero-order valence-electron chi connectivity index (χ0n) is 8.88. The van der Waals surface area contributed by atoms with E-state index < -0.39 is 0 Å². The zero-order valence-corrected chi connectivity index (χ0v) is 10.5. The molecular formula is C11H20BrNO. The minimum absolute atomic E-state index is 0.179. The van der Waals surface area contributed by atoms with Crippen LogP contribution in [0.2, 0.25) is 0 Å². The molecular weight excluding hydrogens is 242 g/mol. The molecule has 0 radical (unpaired) electrons. The summed E-state index contributed by atoms with van der Waals surface area (Å²) in [6.07, 6.45) is 4.27. The van der Waals surface area contributed by atoms with Crippen LogP contribution >= 0.6 is 15.9 Å². The van der Waals surface area contributed by atoms with Crippen molar-refractivity contribution >= 4 is 15.9 Å². The van der Waals surface area contributed by atoms with Crippen LogP contribution in [0, 0.1) is 0 Å². The molecule has 0 aliphatic carbocycles. The Hall–Kier alpha value is 0.140. The van der Waals surface area contributed by atoms with Crippen LogP contribution in [0.5, 0.6) is 0 Å². The van der Waals surface area contributed by atoms with E-state index in [0.717, 1.165) is 30.4 Å². The van der Waals surface area contributed by atoms with Gasteiger partial charge in [-0.1, -0.05) is 35.9 Å². The Morgan fingerprint density at radius 3 is 2.93 bits per heavy atom. The SMILES string of the molecule is C=C(Br)CN1CCCCC1C(O)CC. The Labute approximate surface area is 95.1 Å². The van der Waals surface area contributed by atoms with Crippen LogP contribution in [0.1, 0.15) is 32.6 Å². The van der Waals surface area contributed by atoms with Crippen LogP contribution in [0.15, 0.2) is 11.1 Å². The molecule has 0 bridgehead atoms. The summed E-state index contributed by atoms with van der Waals surface area (Å²) in [7, 11) is 0. The molecule has 0 spiro atoms. The summed E-state index contributed by atoms with van der Waals surface area (Å²) < 4.78 is 1.01. The fourth-order valence-electron chi connectivity index (χ4n) is 2.14. The molecule has 2 nitrogen and oxygen atoms in total. The van der Waals surface area contributed by atoms with Crippen molar-refractivity contribution in [3.63, 3.8) is 0 Å². The molecule has 2 atom stereocenters. The first kappa shape index (κ1) is 12.2. The predicted molar refractivity (Wildman–Crippen MR) is 63.6 cm³/mol. The first-order valence-electron chi connectivity index (χ1n) is 5.40. The van der Waals surface area contributed by atoms with Gasteiger partial charge in [0.2, 0.25) is 0 Å². The Kier molecular flexibility index (Phi) is 5.13. The molecule has 0 amide bonds. The van der Waals surface area contributed by atoms with Gasteiger partial charge < -0.3 is 5.11 Å². The van der Waals surface area contributed by atoms with E-state index >= 15 is 0 Å². The Morgan fingerprint density at radius 2 is 2.36 bits per heavy atom. The predicted octanol–water partition coefficient (Wildman–Crippen LogP) is 2.52. The molecule has 1 rings (SSSR count). The van der Waals surface area contributed by atoms with Crippen molar-refractivity contribution in [2.45, 2.75) is 44.8 Å². The van der Waals surface area contributed by atoms with Crippen LogP contribution in [-0.2, 0) is 0 Å². The summed E-state index contributed by atoms with van der Waals surface area (Å²) in [5.41, 5.74) is 0. The van der Waals surface area contributed by atoms with Crippen LogP contribution in [0.25, 0.3) is 0 Å². The minimum Gasteiger partial charge on any atom is -0.392 e. The molecule has 2 unspecified atom stereocenters. The lowest BCUT2D eigenvalue weighted by Crippen LogP contribution is -2.46. The minimum atomic E-state index is -0.179. The first-order chi connectivity index (χ1) is 6.65. The molecule has 1 saturated heterocycles. The average Bonchev–Trinajstić information content (AvgIpc) is 2.16. The number of rotatable bonds is 4. The Balaban J connectivity index is 2.54. The molecule has 0 aromatic heterocycles. The number of hydrogen-bond acceptors (Lipinski definition) is 2. The molecule has 1 aliphatic rings. The van der Waals surface area contributed by atoms with Gasteiger partial charge in [0.25, 0.3) is 0 Å². The highest BCUT2D eigenvalue weighted by molar-refractivity contribution is 9.11. The molecule has 0 saturated carbocycles. The third-order valence-electron chi connectivity index (χ3n) is 2.90. The smallest absolute Gasteiger partial charge is 0.0692 e. The van der Waals surface area contributed by atoms with E-state index in [1.165, 1.54) is 12.8 Å². The zero-order chi connectivity index (χ0) is 10.6. The lowest BCUT2D eigenvalue weighted by molar-refractivity contribution is 0.0303. The van der Waals surface area contributed by atoms with Crippen molar-refractivity contribution in [3.05, 3.63) is 11.1 Å². The average molecular weight is 262 g/mol. The van der Waals surface area contributed by atoms with Crippen molar-refractivity contribution in [1.29, 1.82) is 0 Å². The van der Waals surface area contributed by atoms with Gasteiger partial charge in [-0.15, -0.1) is 0 Å². The maximum absolute atomic E-state index is 9.88. The quantitative estimate of drug-likeness (QED) is 0.841. The monoisotopic (exact) mass is 261 g/mol. The van der Waals surface area contributed by atoms with Gasteiger partial charge in [-0.2, -0.15) is 0 Å². The fraction of sp³-hybridized carbons (Fsp3) is 0.818. The van der Waals surface area contributed by atoms with E-state index in [4.69, 9.17) is 0 Å². The van der Waals surface area contributed by atoms with E-state index in [1.54, 1.807) is 0 Å². The fourth-order valence-corrected chi connectivity index (χ4v) is 2.46. The van der Waals surface area contributed by atoms with Gasteiger partial charge in [0.15, 0.2) is 0 Å². The highest BCUT2D eigenvalue weighted by Crippen LogP contribution is 2.22. The van der Waals surface area contributed by atoms with E-state index in [2.05, 4.69) is 27.4 Å². The number of halogens is 1. The molecule has 1 heterocycles. The third kappa shape index (κ3) is 3.37. The number of nitrogens with zero attached hydrogens (tertiary/aromatic N) is 1. The van der Waals surface area contributed by atoms with E-state index in [-0.39, 0.29) is 6.10 Å². The summed E-state index contributed by atoms with van der Waals surface area (Å²) in [6, 6.07) is 0.336. The number of piperidine rings is 1. The lowest BCUT2D eigenvalue weighted by atomic mass is 9.96. The summed E-state index contributed by atoms with van der Waals surface area (Å²) >= 11 is 3.39. The van der Waals surface area contributed by atoms with Crippen LogP contribution in [0.3, 0.4) is 0 Å². The number of hydrogen-bond donors (Lipinski definition) is 1. The van der Waals surface area contributed by atoms with Gasteiger partial charge in [-0.25, -0.2) is 0 Å². The molecule has 3 heteroatoms. The summed E-state index contributed by atoms with van der Waals surface area (Å²) in [5, 5.41) is 9.88. The van der Waals surface area contributed by atoms with Gasteiger partial charge >= 0.3 is 0 Å². The van der Waals surface area contributed by atoms with Crippen molar-refractivity contribution in [2.75, 3.05) is 13.1 Å². The number of aliphatic hydroxyl groups is 1. The van der Waals surface area contributed by atoms with Crippen molar-refractivity contribution in [1.82, 2.24) is 4.90 Å². The normalized spacial score (nSPS) is 26.1. The molecule has 1 N–H and O–H groups in total. The molecule has 82 valence electrons. The maximum atomic E-state index is 9.88. The molecule has 14 heavy (non-hydrogen) atoms. The molecule has 1 aliphatic heterocycles. The molecule has 1 fully saturated rings. The summed E-state index contributed by atoms with van der Waals surface area (Å²) in [6.45, 7) is 7.86. The van der Waals surface area contributed by atoms with Gasteiger partial charge in [0.1, 0.15) is 0 Å². The van der Waals surface area contributed by atoms with Gasteiger partial charge in [0.05, 0.1) is 6.10 Å². The lowest BCUT2D eigenvalue weighted by Gasteiger charge is -2.38. The standard InChI is InChI=1S/C11H20BrNO/c1-3-11(14)10-6-4-5-7-13(10)8-9(2)12/h10-11,14H,2-8H2,1H3. The number of aliphatic hydroxyl groups excluding tert-OH is 1. The van der Waals surface area contributed by atoms with Crippen molar-refractivity contribution < 1.29 is 5.11 Å². The summed E-state index contributed by atoms with van der Waals surface area (Å²) in [5.74, 6) is 0. The highest BCUT2D eigenvalue weighted by atomic mass is 79.9. The van der Waals surface area contributed by atoms with Crippen molar-refractivity contribution in [2.24, 2.45) is 0 Å². The molecule has 0 aromatic carbocycles. The van der Waals surface area contributed by atoms with E-state index in [1.807, 2.05) is 6.92 Å². The van der Waals surface area contributed by atoms with Crippen LogP contribution < -0.4 is 0 Å². The van der Waals surface area contributed by atoms with E-state index in [9.17, 15) is 5.11 Å². The topological polar surface area (TPSA) is 23.5 Å². The largest absolute Gasteiger partial charge is 0.392 e. The second-order valence-corrected chi connectivity index (χ2v) is 5.15. The Bertz CT molecular complexity index is 196. The van der Waals surface area contributed by atoms with Gasteiger partial charge in [-0.3, -0.25) is 4.90 Å². The van der Waals surface area contributed by atoms with E-state index in [0.29, 0.717) is 6.04 Å². The van der Waals surface area contributed by atoms with Crippen LogP contribution in [0.4, 0.5) is 0 Å². The second kappa shape index (κ2) is 5.89. The number of likely N-dealkylation sites (tertiary alicyclic amines) is 1. The third-order valence-corrected chi connectivity index (χ3v) is 3.15. The van der Waals surface area contributed by atoms with Gasteiger partial charge in [-0.05, 0) is 25.8 Å². The highest BCUT2D eigenvalue weighted by Gasteiger charge is 2.27. The van der Waals surface area contributed by atoms with Gasteiger partial charge in [0, 0.05) is 17.1 Å². The van der Waals surface area contributed by atoms with Crippen LogP contribution in [-0.4, -0.2) is 35.2 Å². The second-order valence-electron chi connectivity index (χ2n) is 4.03. The molecule has 0 aromatic rings. The first-order valence-corrected chi connectivity index (χ1v) is 6.19. The Morgan fingerprint density at radius 1 is 1.64 bits per heavy atom.